The highest BCUT2D eigenvalue weighted by Crippen LogP contribution is 2.10. The molecular weight excluding hydrogens is 204 g/mol. The van der Waals surface area contributed by atoms with Crippen molar-refractivity contribution < 1.29 is 9.53 Å². The van der Waals surface area contributed by atoms with E-state index < -0.39 is 0 Å². The van der Waals surface area contributed by atoms with Crippen molar-refractivity contribution in [1.82, 2.24) is 4.90 Å². The van der Waals surface area contributed by atoms with Crippen molar-refractivity contribution in [3.05, 3.63) is 35.4 Å². The number of carbonyl (C=O) groups excluding carboxylic acids is 1. The smallest absolute Gasteiger partial charge is 0.409 e. The van der Waals surface area contributed by atoms with Crippen LogP contribution in [0.5, 0.6) is 0 Å². The Bertz CT molecular complexity index is 353. The van der Waals surface area contributed by atoms with E-state index in [1.54, 1.807) is 14.0 Å². The Morgan fingerprint density at radius 2 is 2.00 bits per heavy atom. The van der Waals surface area contributed by atoms with Gasteiger partial charge in [-0.15, -0.1) is 0 Å². The van der Waals surface area contributed by atoms with Crippen molar-refractivity contribution in [2.45, 2.75) is 20.0 Å². The Balaban J connectivity index is 2.68. The predicted octanol–water partition coefficient (Wildman–Crippen LogP) is 1.73. The standard InChI is InChI=1S/C12H18N2O2/c1-3-16-12(15)14(2)9-11-7-5-4-6-10(11)8-13/h4-7H,3,8-9,13H2,1-2H3. The fourth-order valence-electron chi connectivity index (χ4n) is 1.46. The molecule has 1 aromatic rings. The van der Waals surface area contributed by atoms with Gasteiger partial charge in [-0.25, -0.2) is 4.79 Å². The molecule has 0 saturated carbocycles. The molecule has 0 heterocycles. The van der Waals surface area contributed by atoms with Gasteiger partial charge in [-0.3, -0.25) is 0 Å². The van der Waals surface area contributed by atoms with E-state index >= 15 is 0 Å². The van der Waals surface area contributed by atoms with Crippen molar-refractivity contribution in [3.8, 4) is 0 Å². The molecule has 0 radical (unpaired) electrons. The molecule has 0 fully saturated rings. The molecule has 0 aromatic heterocycles. The first-order chi connectivity index (χ1) is 7.69. The van der Waals surface area contributed by atoms with Crippen molar-refractivity contribution in [1.29, 1.82) is 0 Å². The summed E-state index contributed by atoms with van der Waals surface area (Å²) in [5, 5.41) is 0. The zero-order chi connectivity index (χ0) is 12.0. The van der Waals surface area contributed by atoms with Gasteiger partial charge in [0, 0.05) is 20.1 Å². The van der Waals surface area contributed by atoms with E-state index in [1.165, 1.54) is 4.90 Å². The van der Waals surface area contributed by atoms with Crippen LogP contribution in [-0.2, 0) is 17.8 Å². The Labute approximate surface area is 96.0 Å². The highest BCUT2D eigenvalue weighted by molar-refractivity contribution is 5.67. The van der Waals surface area contributed by atoms with Crippen molar-refractivity contribution in [2.24, 2.45) is 5.73 Å². The Morgan fingerprint density at radius 1 is 1.38 bits per heavy atom. The first kappa shape index (κ1) is 12.5. The Kier molecular flexibility index (Phi) is 4.79. The summed E-state index contributed by atoms with van der Waals surface area (Å²) in [6.07, 6.45) is -0.311. The van der Waals surface area contributed by atoms with Crippen LogP contribution in [0.4, 0.5) is 4.79 Å². The third kappa shape index (κ3) is 3.24. The number of hydrogen-bond donors (Lipinski definition) is 1. The maximum absolute atomic E-state index is 11.4. The SMILES string of the molecule is CCOC(=O)N(C)Cc1ccccc1CN. The summed E-state index contributed by atoms with van der Waals surface area (Å²) >= 11 is 0. The van der Waals surface area contributed by atoms with Crippen LogP contribution in [0.15, 0.2) is 24.3 Å². The minimum Gasteiger partial charge on any atom is -0.450 e. The third-order valence-corrected chi connectivity index (χ3v) is 2.33. The molecule has 0 atom stereocenters. The first-order valence-corrected chi connectivity index (χ1v) is 5.33. The van der Waals surface area contributed by atoms with Crippen LogP contribution >= 0.6 is 0 Å². The van der Waals surface area contributed by atoms with E-state index in [1.807, 2.05) is 24.3 Å². The molecule has 4 nitrogen and oxygen atoms in total. The largest absolute Gasteiger partial charge is 0.450 e. The summed E-state index contributed by atoms with van der Waals surface area (Å²) in [7, 11) is 1.71. The van der Waals surface area contributed by atoms with Crippen LogP contribution in [0.2, 0.25) is 0 Å². The van der Waals surface area contributed by atoms with Crippen molar-refractivity contribution in [2.75, 3.05) is 13.7 Å². The number of benzene rings is 1. The second-order valence-electron chi connectivity index (χ2n) is 3.53. The average molecular weight is 222 g/mol. The lowest BCUT2D eigenvalue weighted by Crippen LogP contribution is -2.27. The van der Waals surface area contributed by atoms with Gasteiger partial charge in [0.2, 0.25) is 0 Å². The van der Waals surface area contributed by atoms with E-state index in [0.717, 1.165) is 11.1 Å². The van der Waals surface area contributed by atoms with Crippen LogP contribution in [0.3, 0.4) is 0 Å². The minimum absolute atomic E-state index is 0.311. The highest BCUT2D eigenvalue weighted by Gasteiger charge is 2.10. The molecule has 0 bridgehead atoms. The molecule has 1 rings (SSSR count). The zero-order valence-electron chi connectivity index (χ0n) is 9.77. The van der Waals surface area contributed by atoms with Crippen LogP contribution in [-0.4, -0.2) is 24.6 Å². The van der Waals surface area contributed by atoms with Crippen LogP contribution in [0.1, 0.15) is 18.1 Å². The predicted molar refractivity (Wildman–Crippen MR) is 62.8 cm³/mol. The molecule has 4 heteroatoms. The summed E-state index contributed by atoms with van der Waals surface area (Å²) in [5.74, 6) is 0. The quantitative estimate of drug-likeness (QED) is 0.844. The fourth-order valence-corrected chi connectivity index (χ4v) is 1.46. The number of nitrogens with two attached hydrogens (primary N) is 1. The maximum Gasteiger partial charge on any atom is 0.409 e. The zero-order valence-corrected chi connectivity index (χ0v) is 9.77. The number of amides is 1. The third-order valence-electron chi connectivity index (χ3n) is 2.33. The van der Waals surface area contributed by atoms with E-state index in [4.69, 9.17) is 10.5 Å². The van der Waals surface area contributed by atoms with E-state index in [0.29, 0.717) is 19.7 Å². The molecule has 16 heavy (non-hydrogen) atoms. The van der Waals surface area contributed by atoms with E-state index in [9.17, 15) is 4.79 Å². The van der Waals surface area contributed by atoms with E-state index in [-0.39, 0.29) is 6.09 Å². The number of rotatable bonds is 4. The van der Waals surface area contributed by atoms with Gasteiger partial charge in [-0.1, -0.05) is 24.3 Å². The van der Waals surface area contributed by atoms with Crippen LogP contribution in [0.25, 0.3) is 0 Å². The lowest BCUT2D eigenvalue weighted by Gasteiger charge is -2.18. The van der Waals surface area contributed by atoms with Crippen LogP contribution < -0.4 is 5.73 Å². The Hall–Kier alpha value is -1.55. The Morgan fingerprint density at radius 3 is 2.56 bits per heavy atom. The summed E-state index contributed by atoms with van der Waals surface area (Å²) in [6, 6.07) is 7.82. The van der Waals surface area contributed by atoms with Crippen molar-refractivity contribution in [3.63, 3.8) is 0 Å². The number of nitrogens with zero attached hydrogens (tertiary/aromatic N) is 1. The molecule has 1 amide bonds. The molecule has 2 N–H and O–H groups in total. The number of carbonyl (C=O) groups is 1. The summed E-state index contributed by atoms with van der Waals surface area (Å²) in [4.78, 5) is 13.0. The lowest BCUT2D eigenvalue weighted by molar-refractivity contribution is 0.114. The van der Waals surface area contributed by atoms with Gasteiger partial charge in [0.15, 0.2) is 0 Å². The molecule has 1 aromatic carbocycles. The molecule has 88 valence electrons. The summed E-state index contributed by atoms with van der Waals surface area (Å²) in [5.41, 5.74) is 7.74. The normalized spacial score (nSPS) is 9.94. The highest BCUT2D eigenvalue weighted by atomic mass is 16.5. The average Bonchev–Trinajstić information content (AvgIpc) is 2.30. The summed E-state index contributed by atoms with van der Waals surface area (Å²) < 4.78 is 4.91. The van der Waals surface area contributed by atoms with Crippen molar-refractivity contribution >= 4 is 6.09 Å². The molecule has 0 aliphatic carbocycles. The molecule has 0 unspecified atom stereocenters. The number of hydrogen-bond acceptors (Lipinski definition) is 3. The van der Waals surface area contributed by atoms with Crippen LogP contribution in [0, 0.1) is 0 Å². The topological polar surface area (TPSA) is 55.6 Å². The van der Waals surface area contributed by atoms with Gasteiger partial charge in [-0.05, 0) is 18.1 Å². The second-order valence-corrected chi connectivity index (χ2v) is 3.53. The fraction of sp³-hybridized carbons (Fsp3) is 0.417. The molecular formula is C12H18N2O2. The number of ether oxygens (including phenoxy) is 1. The monoisotopic (exact) mass is 222 g/mol. The first-order valence-electron chi connectivity index (χ1n) is 5.33. The molecule has 0 saturated heterocycles. The maximum atomic E-state index is 11.4. The van der Waals surface area contributed by atoms with Gasteiger partial charge in [0.1, 0.15) is 0 Å². The van der Waals surface area contributed by atoms with E-state index in [2.05, 4.69) is 0 Å². The molecule has 0 spiro atoms. The van der Waals surface area contributed by atoms with Gasteiger partial charge < -0.3 is 15.4 Å². The van der Waals surface area contributed by atoms with Gasteiger partial charge in [0.05, 0.1) is 6.61 Å². The second kappa shape index (κ2) is 6.12. The van der Waals surface area contributed by atoms with Gasteiger partial charge in [0.25, 0.3) is 0 Å². The lowest BCUT2D eigenvalue weighted by atomic mass is 10.1. The minimum atomic E-state index is -0.311. The van der Waals surface area contributed by atoms with Gasteiger partial charge >= 0.3 is 6.09 Å². The summed E-state index contributed by atoms with van der Waals surface area (Å²) in [6.45, 7) is 3.18. The molecule has 0 aliphatic heterocycles. The van der Waals surface area contributed by atoms with Gasteiger partial charge in [-0.2, -0.15) is 0 Å². The molecule has 0 aliphatic rings.